The number of carbonyl (C=O) groups is 1. The van der Waals surface area contributed by atoms with Gasteiger partial charge < -0.3 is 4.74 Å². The smallest absolute Gasteiger partial charge is 0.414 e. The Hall–Kier alpha value is -1.10. The van der Waals surface area contributed by atoms with Gasteiger partial charge in [-0.05, 0) is 67.2 Å². The van der Waals surface area contributed by atoms with Gasteiger partial charge in [0.25, 0.3) is 0 Å². The highest BCUT2D eigenvalue weighted by Gasteiger charge is 2.28. The van der Waals surface area contributed by atoms with Gasteiger partial charge in [-0.2, -0.15) is 0 Å². The number of ether oxygens (including phenoxy) is 1. The molecule has 1 aromatic rings. The number of anilines is 1. The van der Waals surface area contributed by atoms with E-state index in [1.54, 1.807) is 6.07 Å². The number of rotatable bonds is 0. The number of carbonyl (C=O) groups excluding carboxylic acids is 1. The molecule has 19 heavy (non-hydrogen) atoms. The lowest BCUT2D eigenvalue weighted by molar-refractivity contribution is 0.0578. The van der Waals surface area contributed by atoms with Crippen LogP contribution in [-0.2, 0) is 11.2 Å². The zero-order valence-electron chi connectivity index (χ0n) is 11.3. The van der Waals surface area contributed by atoms with E-state index >= 15 is 0 Å². The summed E-state index contributed by atoms with van der Waals surface area (Å²) in [6.45, 7) is 6.01. The van der Waals surface area contributed by atoms with Crippen LogP contribution in [0.1, 0.15) is 32.8 Å². The minimum absolute atomic E-state index is 0.366. The Morgan fingerprint density at radius 3 is 2.74 bits per heavy atom. The summed E-state index contributed by atoms with van der Waals surface area (Å²) in [6.07, 6.45) is 1.27. The van der Waals surface area contributed by atoms with Crippen LogP contribution in [-0.4, -0.2) is 18.2 Å². The summed E-state index contributed by atoms with van der Waals surface area (Å²) in [5.74, 6) is -0.366. The number of halogens is 2. The largest absolute Gasteiger partial charge is 0.443 e. The Morgan fingerprint density at radius 1 is 1.42 bits per heavy atom. The summed E-state index contributed by atoms with van der Waals surface area (Å²) in [5, 5.41) is 0. The van der Waals surface area contributed by atoms with Crippen LogP contribution in [0.15, 0.2) is 16.6 Å². The molecule has 0 saturated carbocycles. The number of aryl methyl sites for hydroxylation is 1. The maximum Gasteiger partial charge on any atom is 0.414 e. The third kappa shape index (κ3) is 3.26. The van der Waals surface area contributed by atoms with Gasteiger partial charge in [0.05, 0.1) is 10.2 Å². The van der Waals surface area contributed by atoms with Gasteiger partial charge in [0.2, 0.25) is 0 Å². The van der Waals surface area contributed by atoms with Crippen LogP contribution < -0.4 is 4.90 Å². The number of fused-ring (bicyclic) bond motifs is 1. The predicted molar refractivity (Wildman–Crippen MR) is 76.0 cm³/mol. The minimum Gasteiger partial charge on any atom is -0.443 e. The van der Waals surface area contributed by atoms with Crippen LogP contribution in [0.25, 0.3) is 0 Å². The molecule has 0 saturated heterocycles. The van der Waals surface area contributed by atoms with Crippen LogP contribution in [0, 0.1) is 5.82 Å². The van der Waals surface area contributed by atoms with Gasteiger partial charge in [-0.25, -0.2) is 9.18 Å². The van der Waals surface area contributed by atoms with Crippen molar-refractivity contribution in [2.45, 2.75) is 39.2 Å². The summed E-state index contributed by atoms with van der Waals surface area (Å²) in [5.41, 5.74) is 1.02. The van der Waals surface area contributed by atoms with E-state index in [4.69, 9.17) is 4.74 Å². The molecule has 1 amide bonds. The highest BCUT2D eigenvalue weighted by atomic mass is 79.9. The Balaban J connectivity index is 2.32. The monoisotopic (exact) mass is 329 g/mol. The molecule has 0 N–H and O–H groups in total. The van der Waals surface area contributed by atoms with Crippen LogP contribution in [0.5, 0.6) is 0 Å². The van der Waals surface area contributed by atoms with Gasteiger partial charge >= 0.3 is 6.09 Å². The van der Waals surface area contributed by atoms with Crippen molar-refractivity contribution in [1.82, 2.24) is 0 Å². The highest BCUT2D eigenvalue weighted by molar-refractivity contribution is 9.10. The summed E-state index contributed by atoms with van der Waals surface area (Å²) >= 11 is 3.17. The lowest BCUT2D eigenvalue weighted by Gasteiger charge is -2.31. The van der Waals surface area contributed by atoms with Crippen molar-refractivity contribution in [3.8, 4) is 0 Å². The summed E-state index contributed by atoms with van der Waals surface area (Å²) in [4.78, 5) is 13.7. The van der Waals surface area contributed by atoms with E-state index in [2.05, 4.69) is 15.9 Å². The molecular weight excluding hydrogens is 313 g/mol. The van der Waals surface area contributed by atoms with E-state index in [1.807, 2.05) is 20.8 Å². The molecule has 0 unspecified atom stereocenters. The lowest BCUT2D eigenvalue weighted by atomic mass is 10.0. The molecule has 1 aliphatic rings. The maximum absolute atomic E-state index is 13.7. The summed E-state index contributed by atoms with van der Waals surface area (Å²) < 4.78 is 19.4. The summed E-state index contributed by atoms with van der Waals surface area (Å²) in [7, 11) is 0. The van der Waals surface area contributed by atoms with Crippen molar-refractivity contribution < 1.29 is 13.9 Å². The molecular formula is C14H17BrFNO2. The topological polar surface area (TPSA) is 29.5 Å². The normalized spacial score (nSPS) is 15.1. The van der Waals surface area contributed by atoms with E-state index in [0.717, 1.165) is 18.4 Å². The third-order valence-corrected chi connectivity index (χ3v) is 3.46. The number of hydrogen-bond donors (Lipinski definition) is 0. The first-order chi connectivity index (χ1) is 8.78. The Morgan fingerprint density at radius 2 is 2.11 bits per heavy atom. The van der Waals surface area contributed by atoms with Gasteiger partial charge in [0, 0.05) is 6.54 Å². The average Bonchev–Trinajstić information content (AvgIpc) is 2.27. The SMILES string of the molecule is CC(C)(C)OC(=O)N1CCCc2cc(Br)c(F)cc21. The molecule has 1 heterocycles. The van der Waals surface area contributed by atoms with Gasteiger partial charge in [0.15, 0.2) is 0 Å². The van der Waals surface area contributed by atoms with Crippen molar-refractivity contribution in [3.05, 3.63) is 28.0 Å². The van der Waals surface area contributed by atoms with Crippen LogP contribution >= 0.6 is 15.9 Å². The second kappa shape index (κ2) is 5.12. The first kappa shape index (κ1) is 14.3. The number of benzene rings is 1. The minimum atomic E-state index is -0.553. The number of hydrogen-bond acceptors (Lipinski definition) is 2. The fourth-order valence-electron chi connectivity index (χ4n) is 2.08. The van der Waals surface area contributed by atoms with Crippen LogP contribution in [0.3, 0.4) is 0 Å². The second-order valence-electron chi connectivity index (χ2n) is 5.63. The fraction of sp³-hybridized carbons (Fsp3) is 0.500. The molecule has 2 rings (SSSR count). The fourth-order valence-corrected chi connectivity index (χ4v) is 2.47. The molecule has 104 valence electrons. The van der Waals surface area contributed by atoms with Crippen molar-refractivity contribution in [2.24, 2.45) is 0 Å². The molecule has 0 spiro atoms. The molecule has 5 heteroatoms. The highest BCUT2D eigenvalue weighted by Crippen LogP contribution is 2.32. The van der Waals surface area contributed by atoms with Gasteiger partial charge in [-0.15, -0.1) is 0 Å². The van der Waals surface area contributed by atoms with E-state index in [-0.39, 0.29) is 5.82 Å². The maximum atomic E-state index is 13.7. The first-order valence-electron chi connectivity index (χ1n) is 6.26. The molecule has 1 aromatic carbocycles. The first-order valence-corrected chi connectivity index (χ1v) is 7.06. The Bertz CT molecular complexity index is 511. The predicted octanol–water partition coefficient (Wildman–Crippen LogP) is 4.28. The second-order valence-corrected chi connectivity index (χ2v) is 6.48. The Kier molecular flexibility index (Phi) is 3.85. The molecule has 3 nitrogen and oxygen atoms in total. The van der Waals surface area contributed by atoms with E-state index in [0.29, 0.717) is 16.7 Å². The molecule has 0 aromatic heterocycles. The van der Waals surface area contributed by atoms with Crippen molar-refractivity contribution in [1.29, 1.82) is 0 Å². The third-order valence-electron chi connectivity index (χ3n) is 2.85. The average molecular weight is 330 g/mol. The van der Waals surface area contributed by atoms with E-state index in [1.165, 1.54) is 11.0 Å². The molecule has 0 fully saturated rings. The molecule has 0 bridgehead atoms. The van der Waals surface area contributed by atoms with Crippen molar-refractivity contribution >= 4 is 27.7 Å². The summed E-state index contributed by atoms with van der Waals surface area (Å²) in [6, 6.07) is 3.13. The Labute approximate surface area is 120 Å². The zero-order valence-corrected chi connectivity index (χ0v) is 12.9. The van der Waals surface area contributed by atoms with E-state index < -0.39 is 11.7 Å². The van der Waals surface area contributed by atoms with Gasteiger partial charge in [0.1, 0.15) is 11.4 Å². The quantitative estimate of drug-likeness (QED) is 0.711. The van der Waals surface area contributed by atoms with Gasteiger partial charge in [-0.1, -0.05) is 0 Å². The van der Waals surface area contributed by atoms with Crippen LogP contribution in [0.4, 0.5) is 14.9 Å². The molecule has 0 radical (unpaired) electrons. The van der Waals surface area contributed by atoms with Crippen LogP contribution in [0.2, 0.25) is 0 Å². The van der Waals surface area contributed by atoms with Crippen molar-refractivity contribution in [3.63, 3.8) is 0 Å². The van der Waals surface area contributed by atoms with Gasteiger partial charge in [-0.3, -0.25) is 4.90 Å². The number of amides is 1. The molecule has 1 aliphatic heterocycles. The van der Waals surface area contributed by atoms with E-state index in [9.17, 15) is 9.18 Å². The molecule has 0 atom stereocenters. The van der Waals surface area contributed by atoms with Crippen molar-refractivity contribution in [2.75, 3.05) is 11.4 Å². The lowest BCUT2D eigenvalue weighted by Crippen LogP contribution is -2.39. The number of nitrogens with zero attached hydrogens (tertiary/aromatic N) is 1. The zero-order chi connectivity index (χ0) is 14.2. The standard InChI is InChI=1S/C14H17BrFNO2/c1-14(2,3)19-13(18)17-6-4-5-9-7-10(15)11(16)8-12(9)17/h7-8H,4-6H2,1-3H3. The molecule has 0 aliphatic carbocycles.